The number of nitrogens with zero attached hydrogens (tertiary/aromatic N) is 1. The number of esters is 1. The molecule has 6 heteroatoms. The second-order valence-corrected chi connectivity index (χ2v) is 7.50. The van der Waals surface area contributed by atoms with Gasteiger partial charge in [-0.2, -0.15) is 5.26 Å². The Labute approximate surface area is 155 Å². The zero-order valence-corrected chi connectivity index (χ0v) is 16.1. The van der Waals surface area contributed by atoms with Gasteiger partial charge in [0.05, 0.1) is 25.3 Å². The van der Waals surface area contributed by atoms with Gasteiger partial charge in [0.15, 0.2) is 0 Å². The van der Waals surface area contributed by atoms with Crippen LogP contribution in [0.25, 0.3) is 0 Å². The third-order valence-corrected chi connectivity index (χ3v) is 4.14. The van der Waals surface area contributed by atoms with Gasteiger partial charge in [0.25, 0.3) is 0 Å². The molecule has 1 aliphatic rings. The zero-order valence-electron chi connectivity index (χ0n) is 16.1. The fourth-order valence-corrected chi connectivity index (χ4v) is 3.07. The van der Waals surface area contributed by atoms with E-state index in [1.165, 1.54) is 0 Å². The second-order valence-electron chi connectivity index (χ2n) is 7.50. The van der Waals surface area contributed by atoms with Crippen LogP contribution in [0.1, 0.15) is 52.0 Å². The number of nitrogens with one attached hydrogen (secondary N) is 2. The molecule has 0 fully saturated rings. The van der Waals surface area contributed by atoms with E-state index < -0.39 is 11.6 Å². The lowest BCUT2D eigenvalue weighted by Crippen LogP contribution is -2.37. The van der Waals surface area contributed by atoms with Crippen molar-refractivity contribution < 1.29 is 14.3 Å². The van der Waals surface area contributed by atoms with E-state index in [-0.39, 0.29) is 18.4 Å². The highest BCUT2D eigenvalue weighted by atomic mass is 16.6. The Morgan fingerprint density at radius 1 is 1.46 bits per heavy atom. The van der Waals surface area contributed by atoms with Crippen molar-refractivity contribution in [3.05, 3.63) is 23.8 Å². The molecule has 0 aliphatic carbocycles. The summed E-state index contributed by atoms with van der Waals surface area (Å²) in [7, 11) is 0. The molecule has 142 valence electrons. The molecule has 0 bridgehead atoms. The monoisotopic (exact) mass is 359 g/mol. The summed E-state index contributed by atoms with van der Waals surface area (Å²) < 4.78 is 11.0. The van der Waals surface area contributed by atoms with Crippen molar-refractivity contribution in [3.8, 4) is 11.8 Å². The Morgan fingerprint density at radius 3 is 2.88 bits per heavy atom. The molecule has 0 saturated carbocycles. The van der Waals surface area contributed by atoms with E-state index in [0.717, 1.165) is 30.0 Å². The highest BCUT2D eigenvalue weighted by Gasteiger charge is 2.26. The Bertz CT molecular complexity index is 661. The zero-order chi connectivity index (χ0) is 19.2. The van der Waals surface area contributed by atoms with E-state index in [0.29, 0.717) is 13.0 Å². The van der Waals surface area contributed by atoms with Gasteiger partial charge >= 0.3 is 5.97 Å². The molecule has 1 aromatic carbocycles. The number of hydrogen-bond acceptors (Lipinski definition) is 6. The summed E-state index contributed by atoms with van der Waals surface area (Å²) in [5, 5.41) is 15.8. The fourth-order valence-electron chi connectivity index (χ4n) is 3.07. The topological polar surface area (TPSA) is 83.4 Å². The van der Waals surface area contributed by atoms with E-state index >= 15 is 0 Å². The van der Waals surface area contributed by atoms with Crippen LogP contribution in [0.15, 0.2) is 18.2 Å². The van der Waals surface area contributed by atoms with E-state index in [1.54, 1.807) is 0 Å². The lowest BCUT2D eigenvalue weighted by atomic mass is 9.87. The molecule has 0 saturated heterocycles. The number of carbonyl (C=O) groups excluding carboxylic acids is 1. The van der Waals surface area contributed by atoms with Crippen molar-refractivity contribution in [3.63, 3.8) is 0 Å². The van der Waals surface area contributed by atoms with Crippen molar-refractivity contribution in [2.24, 2.45) is 0 Å². The average Bonchev–Trinajstić information content (AvgIpc) is 2.57. The smallest absolute Gasteiger partial charge is 0.320 e. The molecular weight excluding hydrogens is 330 g/mol. The minimum Gasteiger partial charge on any atom is -0.493 e. The maximum absolute atomic E-state index is 11.9. The maximum atomic E-state index is 11.9. The Kier molecular flexibility index (Phi) is 6.87. The first-order chi connectivity index (χ1) is 12.3. The van der Waals surface area contributed by atoms with Crippen molar-refractivity contribution in [2.45, 2.75) is 58.1 Å². The summed E-state index contributed by atoms with van der Waals surface area (Å²) in [6, 6.07) is 7.94. The molecule has 1 heterocycles. The van der Waals surface area contributed by atoms with Crippen LogP contribution < -0.4 is 15.4 Å². The van der Waals surface area contributed by atoms with Crippen LogP contribution in [0, 0.1) is 11.3 Å². The maximum Gasteiger partial charge on any atom is 0.320 e. The molecule has 2 rings (SSSR count). The Balaban J connectivity index is 2.00. The predicted molar refractivity (Wildman–Crippen MR) is 101 cm³/mol. The number of benzene rings is 1. The number of fused-ring (bicyclic) bond motifs is 1. The van der Waals surface area contributed by atoms with Crippen LogP contribution in [-0.2, 0) is 9.53 Å². The molecule has 0 radical (unpaired) electrons. The average molecular weight is 359 g/mol. The number of nitriles is 1. The van der Waals surface area contributed by atoms with Gasteiger partial charge in [0.2, 0.25) is 0 Å². The van der Waals surface area contributed by atoms with E-state index in [9.17, 15) is 10.1 Å². The minimum atomic E-state index is -0.525. The molecule has 26 heavy (non-hydrogen) atoms. The lowest BCUT2D eigenvalue weighted by molar-refractivity contribution is -0.153. The molecule has 1 aliphatic heterocycles. The number of hydrogen-bond donors (Lipinski definition) is 2. The first kappa shape index (κ1) is 20.1. The van der Waals surface area contributed by atoms with E-state index in [4.69, 9.17) is 9.47 Å². The Hall–Kier alpha value is -2.26. The molecular formula is C20H29N3O3. The van der Waals surface area contributed by atoms with Crippen molar-refractivity contribution in [1.29, 1.82) is 5.26 Å². The van der Waals surface area contributed by atoms with E-state index in [1.807, 2.05) is 32.9 Å². The van der Waals surface area contributed by atoms with Crippen LogP contribution >= 0.6 is 0 Å². The highest BCUT2D eigenvalue weighted by Crippen LogP contribution is 2.38. The highest BCUT2D eigenvalue weighted by molar-refractivity contribution is 5.72. The van der Waals surface area contributed by atoms with Crippen LogP contribution in [0.5, 0.6) is 5.75 Å². The van der Waals surface area contributed by atoms with Crippen molar-refractivity contribution in [1.82, 2.24) is 5.32 Å². The van der Waals surface area contributed by atoms with Gasteiger partial charge < -0.3 is 14.8 Å². The van der Waals surface area contributed by atoms with Crippen LogP contribution in [-0.4, -0.2) is 37.3 Å². The summed E-state index contributed by atoms with van der Waals surface area (Å²) in [6.07, 6.45) is 1.49. The number of carbonyl (C=O) groups is 1. The third-order valence-electron chi connectivity index (χ3n) is 4.14. The van der Waals surface area contributed by atoms with Gasteiger partial charge in [-0.3, -0.25) is 10.1 Å². The Morgan fingerprint density at radius 2 is 2.23 bits per heavy atom. The summed E-state index contributed by atoms with van der Waals surface area (Å²) in [6.45, 7) is 9.06. The van der Waals surface area contributed by atoms with Gasteiger partial charge in [0, 0.05) is 12.2 Å². The molecule has 0 spiro atoms. The number of ether oxygens (including phenoxy) is 2. The number of rotatable bonds is 7. The lowest BCUT2D eigenvalue weighted by Gasteiger charge is -2.28. The van der Waals surface area contributed by atoms with Gasteiger partial charge in [-0.25, -0.2) is 0 Å². The molecule has 2 unspecified atom stereocenters. The van der Waals surface area contributed by atoms with Gasteiger partial charge in [-0.15, -0.1) is 0 Å². The minimum absolute atomic E-state index is 0.0308. The predicted octanol–water partition coefficient (Wildman–Crippen LogP) is 3.20. The summed E-state index contributed by atoms with van der Waals surface area (Å²) >= 11 is 0. The van der Waals surface area contributed by atoms with Crippen LogP contribution in [0.2, 0.25) is 0 Å². The first-order valence-corrected chi connectivity index (χ1v) is 9.18. The summed E-state index contributed by atoms with van der Waals surface area (Å²) in [5.74, 6) is 0.749. The van der Waals surface area contributed by atoms with Crippen LogP contribution in [0.4, 0.5) is 5.69 Å². The molecule has 0 amide bonds. The van der Waals surface area contributed by atoms with Crippen molar-refractivity contribution >= 4 is 11.7 Å². The van der Waals surface area contributed by atoms with Gasteiger partial charge in [-0.1, -0.05) is 0 Å². The summed E-state index contributed by atoms with van der Waals surface area (Å²) in [4.78, 5) is 11.9. The number of anilines is 1. The molecule has 6 nitrogen and oxygen atoms in total. The molecule has 0 aromatic heterocycles. The largest absolute Gasteiger partial charge is 0.493 e. The van der Waals surface area contributed by atoms with Crippen molar-refractivity contribution in [2.75, 3.05) is 25.0 Å². The van der Waals surface area contributed by atoms with E-state index in [2.05, 4.69) is 29.7 Å². The van der Waals surface area contributed by atoms with Crippen LogP contribution in [0.3, 0.4) is 0 Å². The van der Waals surface area contributed by atoms with Gasteiger partial charge in [0.1, 0.15) is 11.4 Å². The quantitative estimate of drug-likeness (QED) is 0.728. The molecule has 1 aromatic rings. The summed E-state index contributed by atoms with van der Waals surface area (Å²) in [5.41, 5.74) is 1.65. The standard InChI is InChI=1S/C20H29N3O3/c1-5-22-15-6-7-18-17(11-15)14(8-9-25-18)10-16(12-21)23-13-19(24)26-20(2,3)4/h6-7,11,14,16,22-23H,5,8-10,13H2,1-4H3. The SMILES string of the molecule is CCNc1ccc2c(c1)C(CC(C#N)NCC(=O)OC(C)(C)C)CCO2. The molecule has 2 N–H and O–H groups in total. The second kappa shape index (κ2) is 8.91. The molecule has 2 atom stereocenters. The normalized spacial score (nSPS) is 17.4. The third kappa shape index (κ3) is 5.92. The first-order valence-electron chi connectivity index (χ1n) is 9.18. The van der Waals surface area contributed by atoms with Gasteiger partial charge in [-0.05, 0) is 70.2 Å². The fraction of sp³-hybridized carbons (Fsp3) is 0.600.